The number of nitrogens with one attached hydrogen (secondary N) is 1. The Morgan fingerprint density at radius 3 is 2.07 bits per heavy atom. The highest BCUT2D eigenvalue weighted by molar-refractivity contribution is 7.98. The van der Waals surface area contributed by atoms with Crippen LogP contribution in [0.1, 0.15) is 5.56 Å². The van der Waals surface area contributed by atoms with E-state index in [0.29, 0.717) is 5.56 Å². The van der Waals surface area contributed by atoms with Crippen LogP contribution in [0.5, 0.6) is 0 Å². The van der Waals surface area contributed by atoms with Crippen molar-refractivity contribution in [2.45, 2.75) is 10.9 Å². The van der Waals surface area contributed by atoms with Gasteiger partial charge in [0.2, 0.25) is 0 Å². The van der Waals surface area contributed by atoms with Gasteiger partial charge < -0.3 is 4.98 Å². The minimum Gasteiger partial charge on any atom is -0.301 e. The van der Waals surface area contributed by atoms with Crippen molar-refractivity contribution in [3.63, 3.8) is 0 Å². The predicted octanol–water partition coefficient (Wildman–Crippen LogP) is 2.94. The van der Waals surface area contributed by atoms with Gasteiger partial charge in [0.05, 0.1) is 31.7 Å². The number of non-ortho nitro benzene ring substituents is 3. The number of nitro groups is 3. The number of nitrogens with zero attached hydrogens (tertiary/aromatic N) is 4. The molecule has 0 aliphatic carbocycles. The molecule has 1 heterocycles. The number of rotatable bonds is 6. The van der Waals surface area contributed by atoms with E-state index in [-0.39, 0.29) is 27.5 Å². The molecule has 3 aromatic rings. The lowest BCUT2D eigenvalue weighted by atomic mass is 10.2. The Morgan fingerprint density at radius 1 is 0.893 bits per heavy atom. The first kappa shape index (κ1) is 18.9. The number of benzene rings is 2. The fraction of sp³-hybridized carbons (Fsp3) is 0.0667. The monoisotopic (exact) mass is 403 g/mol. The van der Waals surface area contributed by atoms with Gasteiger partial charge >= 0.3 is 0 Å². The van der Waals surface area contributed by atoms with Crippen molar-refractivity contribution in [3.05, 3.63) is 82.7 Å². The average molecular weight is 403 g/mol. The Bertz CT molecular complexity index is 1160. The van der Waals surface area contributed by atoms with E-state index >= 15 is 0 Å². The van der Waals surface area contributed by atoms with Crippen molar-refractivity contribution in [3.8, 4) is 0 Å². The van der Waals surface area contributed by atoms with Gasteiger partial charge in [0, 0.05) is 30.0 Å². The predicted molar refractivity (Wildman–Crippen MR) is 98.3 cm³/mol. The zero-order chi connectivity index (χ0) is 20.4. The molecule has 0 saturated heterocycles. The molecule has 12 nitrogen and oxygen atoms in total. The number of hydrogen-bond acceptors (Lipinski definition) is 9. The molecule has 3 rings (SSSR count). The van der Waals surface area contributed by atoms with Gasteiger partial charge in [-0.25, -0.2) is 4.98 Å². The summed E-state index contributed by atoms with van der Waals surface area (Å²) in [6, 6.07) is 6.92. The molecule has 1 N–H and O–H groups in total. The molecule has 142 valence electrons. The van der Waals surface area contributed by atoms with E-state index in [1.54, 1.807) is 0 Å². The maximum absolute atomic E-state index is 12.2. The lowest BCUT2D eigenvalue weighted by molar-refractivity contribution is -0.394. The Balaban J connectivity index is 1.90. The van der Waals surface area contributed by atoms with Crippen molar-refractivity contribution >= 4 is 39.7 Å². The van der Waals surface area contributed by atoms with Crippen LogP contribution in [0.2, 0.25) is 0 Å². The second kappa shape index (κ2) is 7.40. The summed E-state index contributed by atoms with van der Waals surface area (Å²) in [7, 11) is 0. The van der Waals surface area contributed by atoms with Crippen molar-refractivity contribution in [2.75, 3.05) is 0 Å². The third-order valence-corrected chi connectivity index (χ3v) is 4.58. The molecule has 0 amide bonds. The molecule has 0 unspecified atom stereocenters. The summed E-state index contributed by atoms with van der Waals surface area (Å²) in [6.45, 7) is 0. The van der Waals surface area contributed by atoms with Gasteiger partial charge in [-0.2, -0.15) is 0 Å². The molecule has 1 aromatic heterocycles. The van der Waals surface area contributed by atoms with Gasteiger partial charge in [-0.05, 0) is 11.6 Å². The van der Waals surface area contributed by atoms with E-state index in [4.69, 9.17) is 0 Å². The van der Waals surface area contributed by atoms with Gasteiger partial charge in [-0.1, -0.05) is 11.8 Å². The highest BCUT2D eigenvalue weighted by Gasteiger charge is 2.17. The van der Waals surface area contributed by atoms with Crippen LogP contribution in [0.25, 0.3) is 10.9 Å². The summed E-state index contributed by atoms with van der Waals surface area (Å²) < 4.78 is 0. The fourth-order valence-electron chi connectivity index (χ4n) is 2.39. The van der Waals surface area contributed by atoms with Crippen LogP contribution in [0.4, 0.5) is 17.1 Å². The molecule has 13 heteroatoms. The first-order chi connectivity index (χ1) is 13.2. The number of thioether (sulfide) groups is 1. The summed E-state index contributed by atoms with van der Waals surface area (Å²) in [6.07, 6.45) is 0. The molecule has 0 atom stereocenters. The zero-order valence-corrected chi connectivity index (χ0v) is 14.5. The number of hydrogen-bond donors (Lipinski definition) is 1. The summed E-state index contributed by atoms with van der Waals surface area (Å²) in [5, 5.41) is 32.9. The Hall–Kier alpha value is -3.87. The van der Waals surface area contributed by atoms with Crippen molar-refractivity contribution < 1.29 is 14.8 Å². The van der Waals surface area contributed by atoms with Crippen LogP contribution in [0.15, 0.2) is 46.3 Å². The van der Waals surface area contributed by atoms with Gasteiger partial charge in [-0.15, -0.1) is 0 Å². The fourth-order valence-corrected chi connectivity index (χ4v) is 3.19. The number of aromatic amines is 1. The van der Waals surface area contributed by atoms with Crippen molar-refractivity contribution in [1.82, 2.24) is 9.97 Å². The maximum Gasteiger partial charge on any atom is 0.276 e. The van der Waals surface area contributed by atoms with Crippen LogP contribution in [-0.2, 0) is 5.75 Å². The summed E-state index contributed by atoms with van der Waals surface area (Å²) in [5.74, 6) is 0.0734. The van der Waals surface area contributed by atoms with Crippen LogP contribution < -0.4 is 5.56 Å². The van der Waals surface area contributed by atoms with Gasteiger partial charge in [-0.3, -0.25) is 35.1 Å². The molecular weight excluding hydrogens is 394 g/mol. The van der Waals surface area contributed by atoms with Crippen LogP contribution in [-0.4, -0.2) is 24.7 Å². The summed E-state index contributed by atoms with van der Waals surface area (Å²) in [4.78, 5) is 49.4. The Morgan fingerprint density at radius 2 is 1.50 bits per heavy atom. The molecular formula is C15H9N5O7S. The van der Waals surface area contributed by atoms with Crippen LogP contribution >= 0.6 is 11.8 Å². The molecule has 2 aromatic carbocycles. The van der Waals surface area contributed by atoms with E-state index in [1.807, 2.05) is 0 Å². The molecule has 0 spiro atoms. The summed E-state index contributed by atoms with van der Waals surface area (Å²) in [5.41, 5.74) is -1.13. The lowest BCUT2D eigenvalue weighted by Gasteiger charge is -2.04. The minimum absolute atomic E-state index is 0.0459. The SMILES string of the molecule is O=c1[nH]c(SCc2cc([N+](=O)[O-])cc([N+](=O)[O-])c2)nc2ccc([N+](=O)[O-])cc12. The maximum atomic E-state index is 12.2. The topological polar surface area (TPSA) is 175 Å². The lowest BCUT2D eigenvalue weighted by Crippen LogP contribution is -2.09. The molecule has 0 saturated carbocycles. The number of H-pyrrole nitrogens is 1. The zero-order valence-electron chi connectivity index (χ0n) is 13.7. The van der Waals surface area contributed by atoms with Crippen LogP contribution in [0, 0.1) is 30.3 Å². The van der Waals surface area contributed by atoms with E-state index in [0.717, 1.165) is 23.9 Å². The molecule has 28 heavy (non-hydrogen) atoms. The van der Waals surface area contributed by atoms with E-state index < -0.39 is 31.7 Å². The standard InChI is InChI=1S/C15H9N5O7S/c21-14-12-6-9(18(22)23)1-2-13(12)16-15(17-14)28-7-8-3-10(19(24)25)5-11(4-8)20(26)27/h1-6H,7H2,(H,16,17,21). The molecule has 0 aliphatic heterocycles. The Kier molecular flexibility index (Phi) is 5.00. The smallest absolute Gasteiger partial charge is 0.276 e. The first-order valence-electron chi connectivity index (χ1n) is 7.48. The second-order valence-electron chi connectivity index (χ2n) is 5.49. The molecule has 0 bridgehead atoms. The summed E-state index contributed by atoms with van der Waals surface area (Å²) >= 11 is 1.01. The van der Waals surface area contributed by atoms with E-state index in [9.17, 15) is 35.1 Å². The van der Waals surface area contributed by atoms with Gasteiger partial charge in [0.25, 0.3) is 22.6 Å². The molecule has 0 aliphatic rings. The largest absolute Gasteiger partial charge is 0.301 e. The second-order valence-corrected chi connectivity index (χ2v) is 6.45. The molecule has 0 radical (unpaired) electrons. The van der Waals surface area contributed by atoms with Crippen molar-refractivity contribution in [1.29, 1.82) is 0 Å². The highest BCUT2D eigenvalue weighted by atomic mass is 32.2. The quantitative estimate of drug-likeness (QED) is 0.280. The number of fused-ring (bicyclic) bond motifs is 1. The van der Waals surface area contributed by atoms with Gasteiger partial charge in [0.1, 0.15) is 0 Å². The Labute approximate surface area is 158 Å². The van der Waals surface area contributed by atoms with Crippen molar-refractivity contribution in [2.24, 2.45) is 0 Å². The van der Waals surface area contributed by atoms with E-state index in [2.05, 4.69) is 9.97 Å². The highest BCUT2D eigenvalue weighted by Crippen LogP contribution is 2.27. The first-order valence-corrected chi connectivity index (χ1v) is 8.47. The normalized spacial score (nSPS) is 10.7. The molecule has 0 fully saturated rings. The average Bonchev–Trinajstić information content (AvgIpc) is 2.65. The third-order valence-electron chi connectivity index (χ3n) is 3.64. The number of nitro benzene ring substituents is 3. The third kappa shape index (κ3) is 3.93. The van der Waals surface area contributed by atoms with E-state index in [1.165, 1.54) is 24.3 Å². The van der Waals surface area contributed by atoms with Gasteiger partial charge in [0.15, 0.2) is 5.16 Å². The number of aromatic nitrogens is 2. The van der Waals surface area contributed by atoms with Crippen LogP contribution in [0.3, 0.4) is 0 Å². The minimum atomic E-state index is -0.732.